The normalized spacial score (nSPS) is 18.0. The Bertz CT molecular complexity index is 672. The van der Waals surface area contributed by atoms with Gasteiger partial charge in [-0.25, -0.2) is 0 Å². The molecule has 0 spiro atoms. The molecular weight excluding hydrogens is 262 g/mol. The average Bonchev–Trinajstić information content (AvgIpc) is 2.91. The van der Waals surface area contributed by atoms with Crippen molar-refractivity contribution in [2.45, 2.75) is 39.3 Å². The van der Waals surface area contributed by atoms with E-state index in [-0.39, 0.29) is 11.8 Å². The van der Waals surface area contributed by atoms with Crippen molar-refractivity contribution in [3.63, 3.8) is 0 Å². The Labute approximate surface area is 124 Å². The number of aryl methyl sites for hydroxylation is 1. The Morgan fingerprint density at radius 3 is 3.00 bits per heavy atom. The van der Waals surface area contributed by atoms with Crippen LogP contribution in [-0.4, -0.2) is 15.7 Å². The monoisotopic (exact) mass is 283 g/mol. The van der Waals surface area contributed by atoms with Gasteiger partial charge in [-0.15, -0.1) is 0 Å². The van der Waals surface area contributed by atoms with E-state index in [0.717, 1.165) is 42.4 Å². The van der Waals surface area contributed by atoms with E-state index < -0.39 is 0 Å². The Kier molecular flexibility index (Phi) is 4.04. The highest BCUT2D eigenvalue weighted by atomic mass is 16.1. The summed E-state index contributed by atoms with van der Waals surface area (Å²) in [5, 5.41) is 8.79. The first-order valence-corrected chi connectivity index (χ1v) is 7.66. The smallest absolute Gasteiger partial charge is 0.223 e. The van der Waals surface area contributed by atoms with Gasteiger partial charge in [-0.3, -0.25) is 9.48 Å². The van der Waals surface area contributed by atoms with Crippen LogP contribution in [0.15, 0.2) is 36.4 Å². The number of hydrogen-bond acceptors (Lipinski definition) is 2. The third-order valence-corrected chi connectivity index (χ3v) is 4.10. The molecule has 2 aromatic rings. The van der Waals surface area contributed by atoms with Gasteiger partial charge in [0.15, 0.2) is 0 Å². The quantitative estimate of drug-likeness (QED) is 0.877. The van der Waals surface area contributed by atoms with E-state index in [2.05, 4.69) is 41.6 Å². The molecule has 0 fully saturated rings. The number of allylic oxidation sites excluding steroid dienone is 2. The SMILES string of the molecule is CCn1nc(CNC(=O)[C@@H]2CC=CCC2)c2ccccc21. The lowest BCUT2D eigenvalue weighted by Gasteiger charge is -2.16. The van der Waals surface area contributed by atoms with Crippen molar-refractivity contribution in [3.8, 4) is 0 Å². The third kappa shape index (κ3) is 2.84. The molecule has 0 saturated heterocycles. The van der Waals surface area contributed by atoms with Crippen LogP contribution in [0.5, 0.6) is 0 Å². The van der Waals surface area contributed by atoms with Crippen molar-refractivity contribution < 1.29 is 4.79 Å². The van der Waals surface area contributed by atoms with Crippen LogP contribution in [0.3, 0.4) is 0 Å². The summed E-state index contributed by atoms with van der Waals surface area (Å²) < 4.78 is 1.99. The van der Waals surface area contributed by atoms with E-state index in [1.54, 1.807) is 0 Å². The van der Waals surface area contributed by atoms with Gasteiger partial charge in [0.25, 0.3) is 0 Å². The van der Waals surface area contributed by atoms with E-state index in [4.69, 9.17) is 0 Å². The number of carbonyl (C=O) groups is 1. The average molecular weight is 283 g/mol. The van der Waals surface area contributed by atoms with Gasteiger partial charge in [0.2, 0.25) is 5.91 Å². The number of hydrogen-bond donors (Lipinski definition) is 1. The summed E-state index contributed by atoms with van der Waals surface area (Å²) in [6, 6.07) is 8.18. The topological polar surface area (TPSA) is 46.9 Å². The van der Waals surface area contributed by atoms with Gasteiger partial charge < -0.3 is 5.32 Å². The molecule has 1 heterocycles. The standard InChI is InChI=1S/C17H21N3O/c1-2-20-16-11-7-6-10-14(16)15(19-20)12-18-17(21)13-8-4-3-5-9-13/h3-4,6-7,10-11,13H,2,5,8-9,12H2,1H3,(H,18,21)/t13-/m1/s1. The van der Waals surface area contributed by atoms with Gasteiger partial charge in [0.1, 0.15) is 0 Å². The fourth-order valence-corrected chi connectivity index (χ4v) is 2.91. The molecule has 1 aliphatic rings. The second-order valence-electron chi connectivity index (χ2n) is 5.48. The van der Waals surface area contributed by atoms with Crippen LogP contribution in [0, 0.1) is 5.92 Å². The number of aromatic nitrogens is 2. The van der Waals surface area contributed by atoms with E-state index in [0.29, 0.717) is 6.54 Å². The van der Waals surface area contributed by atoms with Crippen LogP contribution in [0.2, 0.25) is 0 Å². The molecule has 0 unspecified atom stereocenters. The lowest BCUT2D eigenvalue weighted by atomic mass is 9.94. The summed E-state index contributed by atoms with van der Waals surface area (Å²) >= 11 is 0. The van der Waals surface area contributed by atoms with Crippen LogP contribution in [0.4, 0.5) is 0 Å². The number of para-hydroxylation sites is 1. The maximum atomic E-state index is 12.2. The number of rotatable bonds is 4. The molecule has 1 N–H and O–H groups in total. The lowest BCUT2D eigenvalue weighted by Crippen LogP contribution is -2.31. The zero-order valence-corrected chi connectivity index (χ0v) is 12.4. The van der Waals surface area contributed by atoms with Gasteiger partial charge in [0, 0.05) is 17.8 Å². The molecule has 110 valence electrons. The maximum Gasteiger partial charge on any atom is 0.223 e. The lowest BCUT2D eigenvalue weighted by molar-refractivity contribution is -0.125. The van der Waals surface area contributed by atoms with Crippen LogP contribution in [0.1, 0.15) is 31.9 Å². The first-order chi connectivity index (χ1) is 10.3. The van der Waals surface area contributed by atoms with Gasteiger partial charge in [-0.05, 0) is 32.3 Å². The maximum absolute atomic E-state index is 12.2. The van der Waals surface area contributed by atoms with Crippen molar-refractivity contribution >= 4 is 16.8 Å². The molecular formula is C17H21N3O. The van der Waals surface area contributed by atoms with Crippen LogP contribution >= 0.6 is 0 Å². The zero-order valence-electron chi connectivity index (χ0n) is 12.4. The molecule has 0 aliphatic heterocycles. The van der Waals surface area contributed by atoms with Crippen LogP contribution in [-0.2, 0) is 17.9 Å². The summed E-state index contributed by atoms with van der Waals surface area (Å²) in [6.45, 7) is 3.42. The van der Waals surface area contributed by atoms with Crippen LogP contribution < -0.4 is 5.32 Å². The van der Waals surface area contributed by atoms with Gasteiger partial charge >= 0.3 is 0 Å². The minimum absolute atomic E-state index is 0.120. The predicted octanol–water partition coefficient (Wildman–Crippen LogP) is 3.03. The van der Waals surface area contributed by atoms with E-state index in [1.165, 1.54) is 0 Å². The zero-order chi connectivity index (χ0) is 14.7. The molecule has 0 radical (unpaired) electrons. The first kappa shape index (κ1) is 13.9. The van der Waals surface area contributed by atoms with Crippen LogP contribution in [0.25, 0.3) is 10.9 Å². The van der Waals surface area contributed by atoms with Gasteiger partial charge in [-0.1, -0.05) is 30.4 Å². The van der Waals surface area contributed by atoms with Crippen molar-refractivity contribution in [3.05, 3.63) is 42.1 Å². The molecule has 1 aromatic heterocycles. The molecule has 4 heteroatoms. The van der Waals surface area contributed by atoms with Crippen molar-refractivity contribution in [1.29, 1.82) is 0 Å². The predicted molar refractivity (Wildman–Crippen MR) is 83.7 cm³/mol. The summed E-state index contributed by atoms with van der Waals surface area (Å²) in [7, 11) is 0. The number of nitrogens with one attached hydrogen (secondary N) is 1. The molecule has 1 atom stereocenters. The fraction of sp³-hybridized carbons (Fsp3) is 0.412. The van der Waals surface area contributed by atoms with Crippen molar-refractivity contribution in [2.24, 2.45) is 5.92 Å². The highest BCUT2D eigenvalue weighted by Crippen LogP contribution is 2.20. The Hall–Kier alpha value is -2.10. The van der Waals surface area contributed by atoms with Crippen molar-refractivity contribution in [1.82, 2.24) is 15.1 Å². The molecule has 21 heavy (non-hydrogen) atoms. The highest BCUT2D eigenvalue weighted by molar-refractivity contribution is 5.83. The van der Waals surface area contributed by atoms with E-state index >= 15 is 0 Å². The highest BCUT2D eigenvalue weighted by Gasteiger charge is 2.19. The largest absolute Gasteiger partial charge is 0.350 e. The first-order valence-electron chi connectivity index (χ1n) is 7.66. The summed E-state index contributed by atoms with van der Waals surface area (Å²) in [4.78, 5) is 12.2. The molecule has 3 rings (SSSR count). The second kappa shape index (κ2) is 6.12. The Balaban J connectivity index is 1.73. The second-order valence-corrected chi connectivity index (χ2v) is 5.48. The number of benzene rings is 1. The summed E-state index contributed by atoms with van der Waals surface area (Å²) in [6.07, 6.45) is 7.07. The molecule has 1 amide bonds. The minimum atomic E-state index is 0.120. The molecule has 0 bridgehead atoms. The van der Waals surface area contributed by atoms with E-state index in [1.807, 2.05) is 16.8 Å². The molecule has 1 aromatic carbocycles. The molecule has 4 nitrogen and oxygen atoms in total. The number of carbonyl (C=O) groups excluding carboxylic acids is 1. The van der Waals surface area contributed by atoms with E-state index in [9.17, 15) is 4.79 Å². The van der Waals surface area contributed by atoms with Crippen molar-refractivity contribution in [2.75, 3.05) is 0 Å². The number of amides is 1. The summed E-state index contributed by atoms with van der Waals surface area (Å²) in [5.74, 6) is 0.268. The molecule has 1 aliphatic carbocycles. The third-order valence-electron chi connectivity index (χ3n) is 4.10. The van der Waals surface area contributed by atoms with Gasteiger partial charge in [0.05, 0.1) is 17.8 Å². The Morgan fingerprint density at radius 1 is 1.38 bits per heavy atom. The minimum Gasteiger partial charge on any atom is -0.350 e. The fourth-order valence-electron chi connectivity index (χ4n) is 2.91. The van der Waals surface area contributed by atoms with Gasteiger partial charge in [-0.2, -0.15) is 5.10 Å². The Morgan fingerprint density at radius 2 is 2.24 bits per heavy atom. The number of fused-ring (bicyclic) bond motifs is 1. The molecule has 0 saturated carbocycles. The number of nitrogens with zero attached hydrogens (tertiary/aromatic N) is 2. The summed E-state index contributed by atoms with van der Waals surface area (Å²) in [5.41, 5.74) is 2.08.